The Hall–Kier alpha value is -2.45. The standard InChI is InChI=1S/C28H46FN5O10P2/c1-16(2)42-26(35)18(5)32-45(9,37)40-13-21-28(7,14-41-46(10,38)33-19(6)27(36)43-17(3)4)23(29)25(44-21)34-15-31-22-20(39-8)11-12-30-24(22)34/h11-12,15-19,21,23,25H,13-14H2,1-10H3,(H,32,37)(H,33,38)/t18-,19-,21+,23-,25+,28?,45?,46?/m0/s1. The molecular formula is C28H46FN5O10P2. The number of fused-ring (bicyclic) bond motifs is 1. The lowest BCUT2D eigenvalue weighted by molar-refractivity contribution is -0.149. The van der Waals surface area contributed by atoms with Gasteiger partial charge < -0.3 is 28.0 Å². The molecule has 3 heterocycles. The maximum Gasteiger partial charge on any atom is 0.323 e. The Kier molecular flexibility index (Phi) is 12.5. The van der Waals surface area contributed by atoms with Gasteiger partial charge in [-0.25, -0.2) is 24.5 Å². The molecule has 1 fully saturated rings. The van der Waals surface area contributed by atoms with Gasteiger partial charge in [0, 0.05) is 25.6 Å². The predicted octanol–water partition coefficient (Wildman–Crippen LogP) is 4.22. The van der Waals surface area contributed by atoms with E-state index in [0.29, 0.717) is 11.3 Å². The molecule has 8 atom stereocenters. The zero-order chi connectivity index (χ0) is 34.6. The van der Waals surface area contributed by atoms with Gasteiger partial charge in [0.2, 0.25) is 0 Å². The molecule has 18 heteroatoms. The number of carbonyl (C=O) groups is 2. The van der Waals surface area contributed by atoms with Crippen molar-refractivity contribution in [2.75, 3.05) is 33.7 Å². The van der Waals surface area contributed by atoms with Crippen LogP contribution in [0.4, 0.5) is 4.39 Å². The Labute approximate surface area is 268 Å². The van der Waals surface area contributed by atoms with E-state index in [1.165, 1.54) is 58.3 Å². The molecule has 3 rings (SSSR count). The summed E-state index contributed by atoms with van der Waals surface area (Å²) >= 11 is 0. The van der Waals surface area contributed by atoms with Crippen molar-refractivity contribution in [1.29, 1.82) is 0 Å². The van der Waals surface area contributed by atoms with Gasteiger partial charge in [-0.05, 0) is 41.5 Å². The van der Waals surface area contributed by atoms with E-state index in [1.54, 1.807) is 33.8 Å². The van der Waals surface area contributed by atoms with Gasteiger partial charge in [-0.15, -0.1) is 0 Å². The van der Waals surface area contributed by atoms with Crippen molar-refractivity contribution in [1.82, 2.24) is 24.7 Å². The third-order valence-corrected chi connectivity index (χ3v) is 10.2. The fraction of sp³-hybridized carbons (Fsp3) is 0.714. The number of rotatable bonds is 16. The van der Waals surface area contributed by atoms with Crippen LogP contribution in [0.15, 0.2) is 18.6 Å². The fourth-order valence-electron chi connectivity index (χ4n) is 4.79. The van der Waals surface area contributed by atoms with Crippen molar-refractivity contribution in [2.45, 2.75) is 91.3 Å². The minimum Gasteiger partial charge on any atom is -0.494 e. The molecule has 0 aliphatic carbocycles. The lowest BCUT2D eigenvalue weighted by Crippen LogP contribution is -2.43. The average Bonchev–Trinajstić information content (AvgIpc) is 3.48. The van der Waals surface area contributed by atoms with Crippen molar-refractivity contribution in [3.05, 3.63) is 18.6 Å². The Bertz CT molecular complexity index is 1480. The van der Waals surface area contributed by atoms with Crippen molar-refractivity contribution in [2.24, 2.45) is 5.41 Å². The maximum atomic E-state index is 16.6. The van der Waals surface area contributed by atoms with Gasteiger partial charge >= 0.3 is 11.9 Å². The van der Waals surface area contributed by atoms with Crippen LogP contribution in [0.1, 0.15) is 54.7 Å². The Morgan fingerprint density at radius 2 is 1.54 bits per heavy atom. The van der Waals surface area contributed by atoms with E-state index in [4.69, 9.17) is 28.0 Å². The number of nitrogens with zero attached hydrogens (tertiary/aromatic N) is 3. The number of imidazole rings is 1. The van der Waals surface area contributed by atoms with Crippen molar-refractivity contribution < 1.29 is 51.1 Å². The highest BCUT2D eigenvalue weighted by atomic mass is 31.2. The molecule has 0 radical (unpaired) electrons. The molecular weight excluding hydrogens is 647 g/mol. The Morgan fingerprint density at radius 1 is 1.00 bits per heavy atom. The van der Waals surface area contributed by atoms with E-state index in [1.807, 2.05) is 0 Å². The van der Waals surface area contributed by atoms with Gasteiger partial charge in [0.15, 0.2) is 18.0 Å². The molecule has 46 heavy (non-hydrogen) atoms. The zero-order valence-corrected chi connectivity index (χ0v) is 29.7. The summed E-state index contributed by atoms with van der Waals surface area (Å²) in [5.74, 6) is -0.819. The second kappa shape index (κ2) is 15.2. The normalized spacial score (nSPS) is 25.6. The summed E-state index contributed by atoms with van der Waals surface area (Å²) in [7, 11) is -5.88. The molecule has 0 saturated carbocycles. The smallest absolute Gasteiger partial charge is 0.323 e. The summed E-state index contributed by atoms with van der Waals surface area (Å²) in [4.78, 5) is 33.2. The Balaban J connectivity index is 1.86. The van der Waals surface area contributed by atoms with Crippen LogP contribution >= 0.6 is 15.0 Å². The van der Waals surface area contributed by atoms with Gasteiger partial charge in [-0.1, -0.05) is 6.92 Å². The van der Waals surface area contributed by atoms with E-state index in [-0.39, 0.29) is 17.9 Å². The van der Waals surface area contributed by atoms with Crippen molar-refractivity contribution in [3.8, 4) is 5.75 Å². The molecule has 2 aromatic rings. The second-order valence-electron chi connectivity index (χ2n) is 12.2. The third-order valence-electron chi connectivity index (χ3n) is 7.20. The largest absolute Gasteiger partial charge is 0.494 e. The molecule has 3 unspecified atom stereocenters. The molecule has 15 nitrogen and oxygen atoms in total. The van der Waals surface area contributed by atoms with Crippen LogP contribution in [-0.2, 0) is 42.0 Å². The van der Waals surface area contributed by atoms with Gasteiger partial charge in [-0.3, -0.25) is 23.3 Å². The SMILES string of the molecule is COc1ccnc2c1ncn2[C@@H]1O[C@H](COP(C)(=O)N[C@@H](C)C(=O)OC(C)C)C(C)(COP(C)(=O)N[C@@H](C)C(=O)OC(C)C)[C@H]1F. The summed E-state index contributed by atoms with van der Waals surface area (Å²) in [6, 6.07) is -0.318. The van der Waals surface area contributed by atoms with Crippen molar-refractivity contribution in [3.63, 3.8) is 0 Å². The van der Waals surface area contributed by atoms with E-state index in [9.17, 15) is 18.7 Å². The lowest BCUT2D eigenvalue weighted by atomic mass is 9.82. The van der Waals surface area contributed by atoms with E-state index in [2.05, 4.69) is 20.1 Å². The highest BCUT2D eigenvalue weighted by Crippen LogP contribution is 2.51. The lowest BCUT2D eigenvalue weighted by Gasteiger charge is -2.33. The summed E-state index contributed by atoms with van der Waals surface area (Å²) in [5.41, 5.74) is -0.859. The molecule has 1 saturated heterocycles. The van der Waals surface area contributed by atoms with E-state index in [0.717, 1.165) is 0 Å². The molecule has 1 aliphatic rings. The minimum absolute atomic E-state index is 0.289. The zero-order valence-electron chi connectivity index (χ0n) is 27.9. The summed E-state index contributed by atoms with van der Waals surface area (Å²) in [6.45, 7) is 12.9. The number of aromatic nitrogens is 3. The first kappa shape index (κ1) is 38.0. The number of nitrogens with one attached hydrogen (secondary N) is 2. The maximum absolute atomic E-state index is 16.6. The van der Waals surface area contributed by atoms with Gasteiger partial charge in [0.1, 0.15) is 23.3 Å². The first-order chi connectivity index (χ1) is 21.3. The first-order valence-electron chi connectivity index (χ1n) is 14.9. The molecule has 0 amide bonds. The number of pyridine rings is 1. The molecule has 2 N–H and O–H groups in total. The summed E-state index contributed by atoms with van der Waals surface area (Å²) < 4.78 is 78.1. The fourth-order valence-corrected chi connectivity index (χ4v) is 7.50. The molecule has 0 bridgehead atoms. The van der Waals surface area contributed by atoms with Gasteiger partial charge in [-0.2, -0.15) is 0 Å². The quantitative estimate of drug-likeness (QED) is 0.189. The third kappa shape index (κ3) is 9.33. The number of halogens is 1. The van der Waals surface area contributed by atoms with Crippen LogP contribution in [0, 0.1) is 5.41 Å². The molecule has 260 valence electrons. The van der Waals surface area contributed by atoms with E-state index < -0.39 is 76.2 Å². The summed E-state index contributed by atoms with van der Waals surface area (Å²) in [5, 5.41) is 5.28. The van der Waals surface area contributed by atoms with Crippen LogP contribution in [-0.4, -0.2) is 96.7 Å². The second-order valence-corrected chi connectivity index (χ2v) is 16.6. The molecule has 1 aliphatic heterocycles. The average molecular weight is 694 g/mol. The number of methoxy groups -OCH3 is 1. The molecule has 0 spiro atoms. The van der Waals surface area contributed by atoms with Crippen LogP contribution in [0.2, 0.25) is 0 Å². The minimum atomic E-state index is -3.70. The number of hydrogen-bond donors (Lipinski definition) is 2. The van der Waals surface area contributed by atoms with Crippen LogP contribution < -0.4 is 14.9 Å². The number of esters is 2. The highest BCUT2D eigenvalue weighted by molar-refractivity contribution is 7.56. The van der Waals surface area contributed by atoms with Gasteiger partial charge in [0.05, 0.1) is 50.4 Å². The molecule has 2 aromatic heterocycles. The number of ether oxygens (including phenoxy) is 4. The predicted molar refractivity (Wildman–Crippen MR) is 168 cm³/mol. The molecule has 0 aromatic carbocycles. The van der Waals surface area contributed by atoms with Crippen LogP contribution in [0.3, 0.4) is 0 Å². The Morgan fingerprint density at radius 3 is 2.07 bits per heavy atom. The number of alkyl halides is 1. The highest BCUT2D eigenvalue weighted by Gasteiger charge is 2.56. The summed E-state index contributed by atoms with van der Waals surface area (Å²) in [6.07, 6.45) is -2.10. The monoisotopic (exact) mass is 693 g/mol. The van der Waals surface area contributed by atoms with Crippen LogP contribution in [0.25, 0.3) is 11.2 Å². The number of carbonyl (C=O) groups excluding carboxylic acids is 2. The topological polar surface area (TPSA) is 178 Å². The van der Waals surface area contributed by atoms with Gasteiger partial charge in [0.25, 0.3) is 15.0 Å². The van der Waals surface area contributed by atoms with Crippen LogP contribution in [0.5, 0.6) is 5.75 Å². The first-order valence-corrected chi connectivity index (χ1v) is 19.0. The van der Waals surface area contributed by atoms with E-state index >= 15 is 4.39 Å². The van der Waals surface area contributed by atoms with Crippen molar-refractivity contribution >= 4 is 38.1 Å². The number of hydrogen-bond acceptors (Lipinski definition) is 12.